The van der Waals surface area contributed by atoms with E-state index in [1.54, 1.807) is 0 Å². The molecule has 3 nitrogen and oxygen atoms in total. The van der Waals surface area contributed by atoms with Crippen molar-refractivity contribution in [2.45, 2.75) is 26.4 Å². The van der Waals surface area contributed by atoms with E-state index in [-0.39, 0.29) is 30.5 Å². The lowest BCUT2D eigenvalue weighted by Gasteiger charge is -2.06. The fourth-order valence-corrected chi connectivity index (χ4v) is 1.06. The first-order chi connectivity index (χ1) is 5.15. The highest BCUT2D eigenvalue weighted by molar-refractivity contribution is 5.75. The summed E-state index contributed by atoms with van der Waals surface area (Å²) in [6, 6.07) is 0. The lowest BCUT2D eigenvalue weighted by atomic mass is 10.3. The van der Waals surface area contributed by atoms with E-state index in [2.05, 4.69) is 0 Å². The van der Waals surface area contributed by atoms with Gasteiger partial charge in [0.25, 0.3) is 0 Å². The Kier molecular flexibility index (Phi) is 2.49. The van der Waals surface area contributed by atoms with Gasteiger partial charge in [-0.25, -0.2) is 0 Å². The third-order valence-electron chi connectivity index (χ3n) is 1.81. The molecule has 1 N–H and O–H groups in total. The van der Waals surface area contributed by atoms with E-state index in [0.717, 1.165) is 6.42 Å². The van der Waals surface area contributed by atoms with Crippen molar-refractivity contribution in [3.63, 3.8) is 0 Å². The molecule has 0 saturated heterocycles. The van der Waals surface area contributed by atoms with Crippen LogP contribution in [0, 0.1) is 11.8 Å². The summed E-state index contributed by atoms with van der Waals surface area (Å²) in [6.45, 7) is 3.76. The number of carbonyl (C=O) groups is 1. The predicted molar refractivity (Wildman–Crippen MR) is 39.9 cm³/mol. The number of esters is 1. The Morgan fingerprint density at radius 2 is 2.36 bits per heavy atom. The highest BCUT2D eigenvalue weighted by Gasteiger charge is 2.43. The third-order valence-corrected chi connectivity index (χ3v) is 1.81. The van der Waals surface area contributed by atoms with Crippen LogP contribution in [0.15, 0.2) is 0 Å². The van der Waals surface area contributed by atoms with Gasteiger partial charge in [0.2, 0.25) is 0 Å². The fraction of sp³-hybridized carbons (Fsp3) is 0.875. The van der Waals surface area contributed by atoms with Gasteiger partial charge in [-0.2, -0.15) is 0 Å². The monoisotopic (exact) mass is 158 g/mol. The standard InChI is InChI=1S/C8H14O3/c1-5(2)11-8(10)7-3-6(7)4-9/h5-7,9H,3-4H2,1-2H3/t6-,7-/m1/s1. The fourth-order valence-electron chi connectivity index (χ4n) is 1.06. The number of ether oxygens (including phenoxy) is 1. The Labute approximate surface area is 66.4 Å². The van der Waals surface area contributed by atoms with E-state index in [1.165, 1.54) is 0 Å². The van der Waals surface area contributed by atoms with Gasteiger partial charge in [-0.05, 0) is 26.2 Å². The zero-order valence-corrected chi connectivity index (χ0v) is 6.91. The molecule has 3 heteroatoms. The molecule has 0 aromatic rings. The van der Waals surface area contributed by atoms with Crippen LogP contribution in [-0.2, 0) is 9.53 Å². The minimum absolute atomic E-state index is 0.0256. The summed E-state index contributed by atoms with van der Waals surface area (Å²) in [5, 5.41) is 8.65. The van der Waals surface area contributed by atoms with Crippen molar-refractivity contribution in [2.24, 2.45) is 11.8 Å². The Morgan fingerprint density at radius 1 is 1.73 bits per heavy atom. The first kappa shape index (κ1) is 8.53. The van der Waals surface area contributed by atoms with Crippen molar-refractivity contribution in [1.82, 2.24) is 0 Å². The molecule has 0 aromatic carbocycles. The molecule has 11 heavy (non-hydrogen) atoms. The zero-order chi connectivity index (χ0) is 8.43. The number of hydrogen-bond donors (Lipinski definition) is 1. The van der Waals surface area contributed by atoms with Crippen molar-refractivity contribution in [1.29, 1.82) is 0 Å². The van der Waals surface area contributed by atoms with Crippen LogP contribution >= 0.6 is 0 Å². The maximum absolute atomic E-state index is 11.1. The van der Waals surface area contributed by atoms with Crippen molar-refractivity contribution in [2.75, 3.05) is 6.61 Å². The van der Waals surface area contributed by atoms with Gasteiger partial charge < -0.3 is 9.84 Å². The average Bonchev–Trinajstić information content (AvgIpc) is 2.63. The largest absolute Gasteiger partial charge is 0.463 e. The van der Waals surface area contributed by atoms with E-state index >= 15 is 0 Å². The summed E-state index contributed by atoms with van der Waals surface area (Å²) in [7, 11) is 0. The third kappa shape index (κ3) is 2.19. The van der Waals surface area contributed by atoms with Crippen LogP contribution in [0.3, 0.4) is 0 Å². The molecule has 0 aromatic heterocycles. The second kappa shape index (κ2) is 3.22. The molecular formula is C8H14O3. The van der Waals surface area contributed by atoms with Gasteiger partial charge in [0.15, 0.2) is 0 Å². The number of aliphatic hydroxyl groups excluding tert-OH is 1. The molecule has 1 aliphatic carbocycles. The van der Waals surface area contributed by atoms with Crippen molar-refractivity contribution in [3.05, 3.63) is 0 Å². The predicted octanol–water partition coefficient (Wildman–Crippen LogP) is 0.566. The van der Waals surface area contributed by atoms with Gasteiger partial charge in [0.05, 0.1) is 12.0 Å². The molecule has 0 radical (unpaired) electrons. The Bertz CT molecular complexity index is 153. The van der Waals surface area contributed by atoms with Gasteiger partial charge in [0, 0.05) is 6.61 Å². The summed E-state index contributed by atoms with van der Waals surface area (Å²) < 4.78 is 4.96. The van der Waals surface area contributed by atoms with E-state index in [9.17, 15) is 4.79 Å². The number of aliphatic hydroxyl groups is 1. The van der Waals surface area contributed by atoms with E-state index < -0.39 is 0 Å². The van der Waals surface area contributed by atoms with Crippen molar-refractivity contribution in [3.8, 4) is 0 Å². The molecule has 2 atom stereocenters. The number of rotatable bonds is 3. The Balaban J connectivity index is 2.23. The average molecular weight is 158 g/mol. The van der Waals surface area contributed by atoms with E-state index in [1.807, 2.05) is 13.8 Å². The molecule has 0 unspecified atom stereocenters. The summed E-state index contributed by atoms with van der Waals surface area (Å²) in [5.74, 6) is -0.0114. The second-order valence-corrected chi connectivity index (χ2v) is 3.27. The molecule has 0 spiro atoms. The number of hydrogen-bond acceptors (Lipinski definition) is 3. The van der Waals surface area contributed by atoms with Crippen molar-refractivity contribution >= 4 is 5.97 Å². The zero-order valence-electron chi connectivity index (χ0n) is 6.91. The Hall–Kier alpha value is -0.570. The maximum atomic E-state index is 11.1. The lowest BCUT2D eigenvalue weighted by Crippen LogP contribution is -2.14. The van der Waals surface area contributed by atoms with Crippen LogP contribution in [0.4, 0.5) is 0 Å². The summed E-state index contributed by atoms with van der Waals surface area (Å²) >= 11 is 0. The first-order valence-corrected chi connectivity index (χ1v) is 3.96. The number of carbonyl (C=O) groups excluding carboxylic acids is 1. The molecular weight excluding hydrogens is 144 g/mol. The SMILES string of the molecule is CC(C)OC(=O)[C@@H]1C[C@@H]1CO. The molecule has 1 aliphatic rings. The molecule has 1 rings (SSSR count). The molecule has 0 amide bonds. The van der Waals surface area contributed by atoms with Gasteiger partial charge >= 0.3 is 5.97 Å². The first-order valence-electron chi connectivity index (χ1n) is 3.96. The normalized spacial score (nSPS) is 28.7. The molecule has 64 valence electrons. The van der Waals surface area contributed by atoms with E-state index in [4.69, 9.17) is 9.84 Å². The van der Waals surface area contributed by atoms with Gasteiger partial charge in [-0.3, -0.25) is 4.79 Å². The quantitative estimate of drug-likeness (QED) is 0.611. The van der Waals surface area contributed by atoms with Crippen LogP contribution < -0.4 is 0 Å². The van der Waals surface area contributed by atoms with Crippen LogP contribution in [0.1, 0.15) is 20.3 Å². The molecule has 0 bridgehead atoms. The minimum atomic E-state index is -0.154. The molecule has 0 heterocycles. The minimum Gasteiger partial charge on any atom is -0.463 e. The summed E-state index contributed by atoms with van der Waals surface area (Å²) in [6.07, 6.45) is 0.754. The Morgan fingerprint density at radius 3 is 2.73 bits per heavy atom. The molecule has 1 fully saturated rings. The van der Waals surface area contributed by atoms with E-state index in [0.29, 0.717) is 0 Å². The topological polar surface area (TPSA) is 46.5 Å². The highest BCUT2D eigenvalue weighted by Crippen LogP contribution is 2.38. The van der Waals surface area contributed by atoms with Gasteiger partial charge in [-0.1, -0.05) is 0 Å². The highest BCUT2D eigenvalue weighted by atomic mass is 16.5. The molecule has 1 saturated carbocycles. The van der Waals surface area contributed by atoms with Crippen molar-refractivity contribution < 1.29 is 14.6 Å². The summed E-state index contributed by atoms with van der Waals surface area (Å²) in [4.78, 5) is 11.1. The molecule has 0 aliphatic heterocycles. The smallest absolute Gasteiger partial charge is 0.309 e. The van der Waals surface area contributed by atoms with Crippen LogP contribution in [0.2, 0.25) is 0 Å². The lowest BCUT2D eigenvalue weighted by molar-refractivity contribution is -0.149. The van der Waals surface area contributed by atoms with Crippen LogP contribution in [-0.4, -0.2) is 23.8 Å². The maximum Gasteiger partial charge on any atom is 0.309 e. The van der Waals surface area contributed by atoms with Gasteiger partial charge in [-0.15, -0.1) is 0 Å². The summed E-state index contributed by atoms with van der Waals surface area (Å²) in [5.41, 5.74) is 0. The second-order valence-electron chi connectivity index (χ2n) is 3.27. The van der Waals surface area contributed by atoms with Crippen LogP contribution in [0.25, 0.3) is 0 Å². The van der Waals surface area contributed by atoms with Crippen LogP contribution in [0.5, 0.6) is 0 Å². The van der Waals surface area contributed by atoms with Gasteiger partial charge in [0.1, 0.15) is 0 Å².